The fourth-order valence-corrected chi connectivity index (χ4v) is 4.16. The van der Waals surface area contributed by atoms with E-state index in [2.05, 4.69) is 27.7 Å². The summed E-state index contributed by atoms with van der Waals surface area (Å²) in [5, 5.41) is 5.86. The number of nitrogens with zero attached hydrogens (tertiary/aromatic N) is 1. The number of hydrogen-bond acceptors (Lipinski definition) is 6. The molecule has 1 N–H and O–H groups in total. The van der Waals surface area contributed by atoms with Gasteiger partial charge in [0, 0.05) is 30.1 Å². The highest BCUT2D eigenvalue weighted by molar-refractivity contribution is 7.10. The Morgan fingerprint density at radius 1 is 1.38 bits per heavy atom. The SMILES string of the molecule is COc1ccc(C(=O)CNCC(c2cccs2)N2CCOCC2)cc1Cl. The zero-order chi connectivity index (χ0) is 18.4. The molecule has 0 bridgehead atoms. The van der Waals surface area contributed by atoms with E-state index in [1.807, 2.05) is 0 Å². The van der Waals surface area contributed by atoms with Gasteiger partial charge in [-0.15, -0.1) is 11.3 Å². The molecule has 1 aromatic carbocycles. The average molecular weight is 395 g/mol. The third kappa shape index (κ3) is 4.84. The van der Waals surface area contributed by atoms with E-state index in [4.69, 9.17) is 21.1 Å². The van der Waals surface area contributed by atoms with Crippen LogP contribution in [0.5, 0.6) is 5.75 Å². The highest BCUT2D eigenvalue weighted by atomic mass is 35.5. The normalized spacial score (nSPS) is 16.4. The number of carbonyl (C=O) groups is 1. The Labute approximate surface area is 162 Å². The van der Waals surface area contributed by atoms with Crippen LogP contribution in [-0.2, 0) is 4.74 Å². The summed E-state index contributed by atoms with van der Waals surface area (Å²) in [5.41, 5.74) is 0.586. The van der Waals surface area contributed by atoms with Gasteiger partial charge in [0.25, 0.3) is 0 Å². The lowest BCUT2D eigenvalue weighted by molar-refractivity contribution is 0.0169. The van der Waals surface area contributed by atoms with Gasteiger partial charge in [-0.05, 0) is 29.6 Å². The van der Waals surface area contributed by atoms with Crippen molar-refractivity contribution in [3.05, 3.63) is 51.2 Å². The molecule has 1 atom stereocenters. The smallest absolute Gasteiger partial charge is 0.176 e. The molecule has 1 aliphatic heterocycles. The second-order valence-corrected chi connectivity index (χ2v) is 7.47. The van der Waals surface area contributed by atoms with Crippen molar-refractivity contribution >= 4 is 28.7 Å². The van der Waals surface area contributed by atoms with Gasteiger partial charge in [0.1, 0.15) is 5.75 Å². The molecular formula is C19H23ClN2O3S. The van der Waals surface area contributed by atoms with E-state index in [0.717, 1.165) is 32.8 Å². The predicted octanol–water partition coefficient (Wildman–Crippen LogP) is 3.26. The number of ketones is 1. The fourth-order valence-electron chi connectivity index (χ4n) is 3.04. The van der Waals surface area contributed by atoms with Crippen LogP contribution in [0, 0.1) is 0 Å². The van der Waals surface area contributed by atoms with Gasteiger partial charge < -0.3 is 14.8 Å². The second kappa shape index (κ2) is 9.48. The molecule has 0 saturated carbocycles. The molecule has 0 aliphatic carbocycles. The molecule has 1 aromatic heterocycles. The van der Waals surface area contributed by atoms with Gasteiger partial charge in [-0.3, -0.25) is 9.69 Å². The first-order valence-electron chi connectivity index (χ1n) is 8.61. The van der Waals surface area contributed by atoms with E-state index in [1.165, 1.54) is 4.88 Å². The number of carbonyl (C=O) groups excluding carboxylic acids is 1. The molecule has 1 unspecified atom stereocenters. The van der Waals surface area contributed by atoms with E-state index < -0.39 is 0 Å². The Hall–Kier alpha value is -1.44. The number of nitrogens with one attached hydrogen (secondary N) is 1. The van der Waals surface area contributed by atoms with E-state index >= 15 is 0 Å². The van der Waals surface area contributed by atoms with Crippen molar-refractivity contribution < 1.29 is 14.3 Å². The van der Waals surface area contributed by atoms with Crippen LogP contribution < -0.4 is 10.1 Å². The summed E-state index contributed by atoms with van der Waals surface area (Å²) in [7, 11) is 1.56. The largest absolute Gasteiger partial charge is 0.495 e. The molecular weight excluding hydrogens is 372 g/mol. The van der Waals surface area contributed by atoms with Gasteiger partial charge in [-0.2, -0.15) is 0 Å². The Bertz CT molecular complexity index is 718. The number of rotatable bonds is 8. The third-order valence-corrected chi connectivity index (χ3v) is 5.72. The Morgan fingerprint density at radius 3 is 2.85 bits per heavy atom. The van der Waals surface area contributed by atoms with Crippen LogP contribution in [0.4, 0.5) is 0 Å². The lowest BCUT2D eigenvalue weighted by atomic mass is 10.1. The van der Waals surface area contributed by atoms with Crippen molar-refractivity contribution in [1.82, 2.24) is 10.2 Å². The summed E-state index contributed by atoms with van der Waals surface area (Å²) in [4.78, 5) is 16.2. The molecule has 0 amide bonds. The Balaban J connectivity index is 1.59. The van der Waals surface area contributed by atoms with Crippen LogP contribution in [0.2, 0.25) is 5.02 Å². The molecule has 3 rings (SSSR count). The van der Waals surface area contributed by atoms with Gasteiger partial charge in [-0.25, -0.2) is 0 Å². The Kier molecular flexibility index (Phi) is 7.05. The van der Waals surface area contributed by atoms with Crippen LogP contribution >= 0.6 is 22.9 Å². The topological polar surface area (TPSA) is 50.8 Å². The highest BCUT2D eigenvalue weighted by Gasteiger charge is 2.23. The number of hydrogen-bond donors (Lipinski definition) is 1. The minimum atomic E-state index is 0.0152. The molecule has 1 saturated heterocycles. The van der Waals surface area contributed by atoms with Crippen molar-refractivity contribution in [3.63, 3.8) is 0 Å². The first-order chi connectivity index (χ1) is 12.7. The molecule has 2 heterocycles. The molecule has 5 nitrogen and oxygen atoms in total. The van der Waals surface area contributed by atoms with E-state index in [0.29, 0.717) is 16.3 Å². The third-order valence-electron chi connectivity index (χ3n) is 4.46. The number of Topliss-reactive ketones (excluding diaryl/α,β-unsaturated/α-hetero) is 1. The summed E-state index contributed by atoms with van der Waals surface area (Å²) in [5.74, 6) is 0.586. The van der Waals surface area contributed by atoms with Gasteiger partial charge in [-0.1, -0.05) is 17.7 Å². The lowest BCUT2D eigenvalue weighted by Crippen LogP contribution is -2.43. The maximum atomic E-state index is 12.4. The molecule has 7 heteroatoms. The summed E-state index contributed by atoms with van der Waals surface area (Å²) in [6.07, 6.45) is 0. The number of morpholine rings is 1. The van der Waals surface area contributed by atoms with Crippen LogP contribution in [-0.4, -0.2) is 57.2 Å². The van der Waals surface area contributed by atoms with Gasteiger partial charge >= 0.3 is 0 Å². The van der Waals surface area contributed by atoms with Gasteiger partial charge in [0.05, 0.1) is 37.9 Å². The van der Waals surface area contributed by atoms with Crippen molar-refractivity contribution in [2.75, 3.05) is 46.5 Å². The maximum absolute atomic E-state index is 12.4. The van der Waals surface area contributed by atoms with Crippen molar-refractivity contribution in [1.29, 1.82) is 0 Å². The number of methoxy groups -OCH3 is 1. The van der Waals surface area contributed by atoms with Gasteiger partial charge in [0.2, 0.25) is 0 Å². The molecule has 26 heavy (non-hydrogen) atoms. The maximum Gasteiger partial charge on any atom is 0.176 e. The molecule has 1 fully saturated rings. The van der Waals surface area contributed by atoms with E-state index in [9.17, 15) is 4.79 Å². The number of halogens is 1. The first kappa shape index (κ1) is 19.3. The minimum Gasteiger partial charge on any atom is -0.495 e. The minimum absolute atomic E-state index is 0.0152. The summed E-state index contributed by atoms with van der Waals surface area (Å²) in [6.45, 7) is 4.32. The highest BCUT2D eigenvalue weighted by Crippen LogP contribution is 2.26. The molecule has 0 radical (unpaired) electrons. The average Bonchev–Trinajstić information content (AvgIpc) is 3.20. The van der Waals surface area contributed by atoms with Crippen molar-refractivity contribution in [3.8, 4) is 5.75 Å². The summed E-state index contributed by atoms with van der Waals surface area (Å²) >= 11 is 7.86. The number of ether oxygens (including phenoxy) is 2. The standard InChI is InChI=1S/C19H23ClN2O3S/c1-24-18-5-4-14(11-15(18)20)17(23)13-21-12-16(19-3-2-10-26-19)22-6-8-25-9-7-22/h2-5,10-11,16,21H,6-9,12-13H2,1H3. The van der Waals surface area contributed by atoms with E-state index in [1.54, 1.807) is 36.6 Å². The molecule has 1 aliphatic rings. The molecule has 2 aromatic rings. The van der Waals surface area contributed by atoms with Crippen molar-refractivity contribution in [2.45, 2.75) is 6.04 Å². The number of benzene rings is 1. The predicted molar refractivity (Wildman–Crippen MR) is 105 cm³/mol. The van der Waals surface area contributed by atoms with Crippen LogP contribution in [0.1, 0.15) is 21.3 Å². The molecule has 140 valence electrons. The first-order valence-corrected chi connectivity index (χ1v) is 9.87. The monoisotopic (exact) mass is 394 g/mol. The lowest BCUT2D eigenvalue weighted by Gasteiger charge is -2.34. The number of thiophene rings is 1. The van der Waals surface area contributed by atoms with Crippen LogP contribution in [0.25, 0.3) is 0 Å². The Morgan fingerprint density at radius 2 is 2.19 bits per heavy atom. The molecule has 0 spiro atoms. The quantitative estimate of drug-likeness (QED) is 0.696. The summed E-state index contributed by atoms with van der Waals surface area (Å²) in [6, 6.07) is 9.59. The fraction of sp³-hybridized carbons (Fsp3) is 0.421. The van der Waals surface area contributed by atoms with Crippen LogP contribution in [0.3, 0.4) is 0 Å². The zero-order valence-electron chi connectivity index (χ0n) is 14.7. The van der Waals surface area contributed by atoms with Crippen LogP contribution in [0.15, 0.2) is 35.7 Å². The zero-order valence-corrected chi connectivity index (χ0v) is 16.3. The van der Waals surface area contributed by atoms with Gasteiger partial charge in [0.15, 0.2) is 5.78 Å². The summed E-state index contributed by atoms with van der Waals surface area (Å²) < 4.78 is 10.6. The van der Waals surface area contributed by atoms with Crippen molar-refractivity contribution in [2.24, 2.45) is 0 Å². The van der Waals surface area contributed by atoms with E-state index in [-0.39, 0.29) is 18.4 Å². The second-order valence-electron chi connectivity index (χ2n) is 6.08.